The molecule has 0 atom stereocenters. The first-order valence-corrected chi connectivity index (χ1v) is 4.35. The van der Waals surface area contributed by atoms with Gasteiger partial charge in [-0.2, -0.15) is 5.26 Å². The van der Waals surface area contributed by atoms with Gasteiger partial charge in [-0.05, 0) is 11.6 Å². The van der Waals surface area contributed by atoms with Crippen LogP contribution in [0.4, 0.5) is 4.39 Å². The van der Waals surface area contributed by atoms with Gasteiger partial charge in [-0.25, -0.2) is 9.18 Å². The molecule has 16 heavy (non-hydrogen) atoms. The van der Waals surface area contributed by atoms with Crippen LogP contribution in [0.3, 0.4) is 0 Å². The normalized spacial score (nSPS) is 11.5. The minimum atomic E-state index is -1.53. The number of aliphatic carboxylic acids is 1. The number of aliphatic hydroxyl groups is 1. The summed E-state index contributed by atoms with van der Waals surface area (Å²) in [7, 11) is 0. The quantitative estimate of drug-likeness (QED) is 0.463. The largest absolute Gasteiger partial charge is 0.510 e. The predicted molar refractivity (Wildman–Crippen MR) is 53.0 cm³/mol. The Morgan fingerprint density at radius 2 is 2.00 bits per heavy atom. The number of rotatable bonds is 3. The summed E-state index contributed by atoms with van der Waals surface area (Å²) in [5.41, 5.74) is -0.641. The van der Waals surface area contributed by atoms with E-state index in [-0.39, 0.29) is 12.0 Å². The average molecular weight is 221 g/mol. The molecule has 0 bridgehead atoms. The molecule has 2 N–H and O–H groups in total. The molecule has 0 aromatic heterocycles. The molecule has 0 aliphatic carbocycles. The van der Waals surface area contributed by atoms with Gasteiger partial charge in [0.1, 0.15) is 17.6 Å². The molecule has 0 aliphatic rings. The molecule has 0 aliphatic heterocycles. The number of hydrogen-bond donors (Lipinski definition) is 2. The molecule has 0 heterocycles. The first-order valence-electron chi connectivity index (χ1n) is 4.35. The monoisotopic (exact) mass is 221 g/mol. The molecule has 82 valence electrons. The van der Waals surface area contributed by atoms with Crippen molar-refractivity contribution in [3.63, 3.8) is 0 Å². The van der Waals surface area contributed by atoms with Gasteiger partial charge in [0.15, 0.2) is 5.57 Å². The first kappa shape index (κ1) is 11.7. The summed E-state index contributed by atoms with van der Waals surface area (Å²) in [6.07, 6.45) is -0.318. The Balaban J connectivity index is 3.03. The maximum absolute atomic E-state index is 13.2. The predicted octanol–water partition coefficient (Wildman–Crippen LogP) is 1.79. The van der Waals surface area contributed by atoms with Gasteiger partial charge in [0.05, 0.1) is 0 Å². The van der Waals surface area contributed by atoms with Gasteiger partial charge in [-0.3, -0.25) is 0 Å². The van der Waals surface area contributed by atoms with Crippen molar-refractivity contribution in [2.24, 2.45) is 0 Å². The Morgan fingerprint density at radius 1 is 1.38 bits per heavy atom. The number of nitriles is 1. The van der Waals surface area contributed by atoms with Crippen molar-refractivity contribution in [2.45, 2.75) is 6.42 Å². The highest BCUT2D eigenvalue weighted by molar-refractivity contribution is 5.91. The fourth-order valence-corrected chi connectivity index (χ4v) is 1.15. The lowest BCUT2D eigenvalue weighted by atomic mass is 10.1. The van der Waals surface area contributed by atoms with Gasteiger partial charge >= 0.3 is 5.97 Å². The van der Waals surface area contributed by atoms with Crippen molar-refractivity contribution in [2.75, 3.05) is 0 Å². The van der Waals surface area contributed by atoms with Gasteiger partial charge in [0.2, 0.25) is 0 Å². The summed E-state index contributed by atoms with van der Waals surface area (Å²) >= 11 is 0. The number of halogens is 1. The van der Waals surface area contributed by atoms with Gasteiger partial charge in [0.25, 0.3) is 0 Å². The van der Waals surface area contributed by atoms with Crippen LogP contribution in [0, 0.1) is 17.1 Å². The van der Waals surface area contributed by atoms with Crippen molar-refractivity contribution in [3.8, 4) is 6.07 Å². The lowest BCUT2D eigenvalue weighted by Gasteiger charge is -2.02. The fraction of sp³-hybridized carbons (Fsp3) is 0.0909. The molecule has 0 saturated carbocycles. The summed E-state index contributed by atoms with van der Waals surface area (Å²) in [6, 6.07) is 6.97. The zero-order chi connectivity index (χ0) is 12.1. The summed E-state index contributed by atoms with van der Waals surface area (Å²) in [4.78, 5) is 10.5. The van der Waals surface area contributed by atoms with Gasteiger partial charge in [-0.15, -0.1) is 0 Å². The van der Waals surface area contributed by atoms with Crippen LogP contribution >= 0.6 is 0 Å². The van der Waals surface area contributed by atoms with Crippen LogP contribution in [0.5, 0.6) is 0 Å². The SMILES string of the molecule is N#C/C(C(=O)O)=C(/O)Cc1ccccc1F. The zero-order valence-corrected chi connectivity index (χ0v) is 8.14. The van der Waals surface area contributed by atoms with E-state index in [1.165, 1.54) is 24.3 Å². The second kappa shape index (κ2) is 4.94. The summed E-state index contributed by atoms with van der Waals surface area (Å²) in [5.74, 6) is -2.74. The molecular formula is C11H8FNO3. The minimum Gasteiger partial charge on any atom is -0.510 e. The molecule has 0 unspecified atom stereocenters. The van der Waals surface area contributed by atoms with Crippen molar-refractivity contribution in [1.82, 2.24) is 0 Å². The molecule has 0 spiro atoms. The van der Waals surface area contributed by atoms with E-state index in [9.17, 15) is 14.3 Å². The molecule has 4 nitrogen and oxygen atoms in total. The van der Waals surface area contributed by atoms with Crippen LogP contribution < -0.4 is 0 Å². The summed E-state index contributed by atoms with van der Waals surface area (Å²) in [5, 5.41) is 26.4. The Kier molecular flexibility index (Phi) is 3.62. The third-order valence-electron chi connectivity index (χ3n) is 1.93. The Hall–Kier alpha value is -2.35. The Morgan fingerprint density at radius 3 is 2.50 bits per heavy atom. The van der Waals surface area contributed by atoms with E-state index in [0.29, 0.717) is 0 Å². The Bertz CT molecular complexity index is 488. The number of hydrogen-bond acceptors (Lipinski definition) is 3. The van der Waals surface area contributed by atoms with Gasteiger partial charge in [-0.1, -0.05) is 18.2 Å². The lowest BCUT2D eigenvalue weighted by Crippen LogP contribution is -2.05. The second-order valence-corrected chi connectivity index (χ2v) is 3.01. The van der Waals surface area contributed by atoms with E-state index in [1.807, 2.05) is 0 Å². The maximum atomic E-state index is 13.2. The minimum absolute atomic E-state index is 0.133. The molecule has 1 aromatic rings. The van der Waals surface area contributed by atoms with Gasteiger partial charge < -0.3 is 10.2 Å². The molecule has 0 saturated heterocycles. The smallest absolute Gasteiger partial charge is 0.349 e. The number of carboxylic acid groups (broad SMARTS) is 1. The number of carboxylic acids is 1. The molecule has 5 heteroatoms. The van der Waals surface area contributed by atoms with E-state index in [4.69, 9.17) is 10.4 Å². The van der Waals surface area contributed by atoms with Crippen molar-refractivity contribution in [3.05, 3.63) is 47.0 Å². The number of nitrogens with zero attached hydrogens (tertiary/aromatic N) is 1. The molecular weight excluding hydrogens is 213 g/mol. The lowest BCUT2D eigenvalue weighted by molar-refractivity contribution is -0.132. The summed E-state index contributed by atoms with van der Waals surface area (Å²) in [6.45, 7) is 0. The van der Waals surface area contributed by atoms with Crippen molar-refractivity contribution >= 4 is 5.97 Å². The van der Waals surface area contributed by atoms with E-state index < -0.39 is 23.1 Å². The van der Waals surface area contributed by atoms with Crippen molar-refractivity contribution < 1.29 is 19.4 Å². The van der Waals surface area contributed by atoms with Crippen LogP contribution in [-0.2, 0) is 11.2 Å². The number of allylic oxidation sites excluding steroid dienone is 1. The third kappa shape index (κ3) is 2.58. The third-order valence-corrected chi connectivity index (χ3v) is 1.93. The zero-order valence-electron chi connectivity index (χ0n) is 8.14. The van der Waals surface area contributed by atoms with Crippen LogP contribution in [0.1, 0.15) is 5.56 Å². The van der Waals surface area contributed by atoms with Crippen molar-refractivity contribution in [1.29, 1.82) is 5.26 Å². The van der Waals surface area contributed by atoms with E-state index in [2.05, 4.69) is 0 Å². The fourth-order valence-electron chi connectivity index (χ4n) is 1.15. The van der Waals surface area contributed by atoms with E-state index >= 15 is 0 Å². The highest BCUT2D eigenvalue weighted by Gasteiger charge is 2.14. The molecule has 0 amide bonds. The molecule has 1 aromatic carbocycles. The van der Waals surface area contributed by atoms with Gasteiger partial charge in [0, 0.05) is 6.42 Å². The molecule has 0 fully saturated rings. The van der Waals surface area contributed by atoms with Crippen LogP contribution in [0.2, 0.25) is 0 Å². The molecule has 1 rings (SSSR count). The highest BCUT2D eigenvalue weighted by Crippen LogP contribution is 2.13. The van der Waals surface area contributed by atoms with E-state index in [0.717, 1.165) is 0 Å². The number of benzene rings is 1. The summed E-state index contributed by atoms with van der Waals surface area (Å²) < 4.78 is 13.2. The van der Waals surface area contributed by atoms with Crippen LogP contribution in [-0.4, -0.2) is 16.2 Å². The maximum Gasteiger partial charge on any atom is 0.349 e. The topological polar surface area (TPSA) is 81.3 Å². The second-order valence-electron chi connectivity index (χ2n) is 3.01. The van der Waals surface area contributed by atoms with E-state index in [1.54, 1.807) is 6.07 Å². The standard InChI is InChI=1S/C11H8FNO3/c12-9-4-2-1-3-7(9)5-10(14)8(6-13)11(15)16/h1-4,14H,5H2,(H,15,16)/b10-8-. The molecule has 0 radical (unpaired) electrons. The first-order chi connectivity index (χ1) is 7.56. The Labute approximate surface area is 90.9 Å². The van der Waals surface area contributed by atoms with Crippen LogP contribution in [0.25, 0.3) is 0 Å². The highest BCUT2D eigenvalue weighted by atomic mass is 19.1. The number of aliphatic hydroxyl groups excluding tert-OH is 1. The van der Waals surface area contributed by atoms with Crippen LogP contribution in [0.15, 0.2) is 35.6 Å². The number of carbonyl (C=O) groups is 1. The average Bonchev–Trinajstić information content (AvgIpc) is 2.22.